The molecule has 8 nitrogen and oxygen atoms in total. The van der Waals surface area contributed by atoms with Crippen molar-refractivity contribution in [3.05, 3.63) is 83.9 Å². The van der Waals surface area contributed by atoms with Gasteiger partial charge in [0.1, 0.15) is 11.3 Å². The Hall–Kier alpha value is -3.02. The van der Waals surface area contributed by atoms with Crippen molar-refractivity contribution in [2.45, 2.75) is 32.2 Å². The number of anilines is 1. The number of sulfonamides is 1. The van der Waals surface area contributed by atoms with E-state index in [-0.39, 0.29) is 29.8 Å². The lowest BCUT2D eigenvalue weighted by atomic mass is 10.2. The van der Waals surface area contributed by atoms with Crippen LogP contribution < -0.4 is 9.64 Å². The van der Waals surface area contributed by atoms with E-state index in [9.17, 15) is 13.2 Å². The van der Waals surface area contributed by atoms with Gasteiger partial charge in [-0.05, 0) is 55.1 Å². The predicted octanol–water partition coefficient (Wildman–Crippen LogP) is 5.93. The normalized spacial score (nSPS) is 11.6. The maximum Gasteiger partial charge on any atom is 0.260 e. The van der Waals surface area contributed by atoms with E-state index in [1.807, 2.05) is 55.5 Å². The smallest absolute Gasteiger partial charge is 0.260 e. The molecule has 1 heterocycles. The molecule has 0 atom stereocenters. The Morgan fingerprint density at radius 2 is 1.56 bits per heavy atom. The number of carbonyl (C=O) groups is 1. The molecule has 0 unspecified atom stereocenters. The van der Waals surface area contributed by atoms with Gasteiger partial charge in [0.2, 0.25) is 10.0 Å². The average Bonchev–Trinajstić information content (AvgIpc) is 3.42. The summed E-state index contributed by atoms with van der Waals surface area (Å²) in [6.45, 7) is 9.49. The van der Waals surface area contributed by atoms with Gasteiger partial charge in [-0.3, -0.25) is 9.69 Å². The number of carbonyl (C=O) groups excluding carboxylic acids is 1. The topological polar surface area (TPSA) is 83.1 Å². The number of thiazole rings is 1. The fourth-order valence-electron chi connectivity index (χ4n) is 4.49. The summed E-state index contributed by atoms with van der Waals surface area (Å²) in [7, 11) is -2.14. The number of ether oxygens (including phenoxy) is 1. The number of methoxy groups -OCH3 is 1. The molecule has 4 rings (SSSR count). The van der Waals surface area contributed by atoms with Crippen LogP contribution in [0.25, 0.3) is 10.2 Å². The zero-order valence-electron chi connectivity index (χ0n) is 23.8. The van der Waals surface area contributed by atoms with Gasteiger partial charge in [0.15, 0.2) is 5.13 Å². The number of likely N-dealkylation sites (N-methyl/N-ethyl adjacent to an activating group) is 1. The monoisotopic (exact) mass is 616 g/mol. The second kappa shape index (κ2) is 14.7. The molecule has 0 aliphatic carbocycles. The minimum Gasteiger partial charge on any atom is -0.494 e. The van der Waals surface area contributed by atoms with E-state index < -0.39 is 10.0 Å². The molecule has 41 heavy (non-hydrogen) atoms. The number of benzene rings is 3. The molecule has 11 heteroatoms. The lowest BCUT2D eigenvalue weighted by Crippen LogP contribution is -2.39. The van der Waals surface area contributed by atoms with Gasteiger partial charge in [0, 0.05) is 31.7 Å². The Balaban J connectivity index is 0.00000462. The number of amides is 1. The second-order valence-electron chi connectivity index (χ2n) is 9.23. The van der Waals surface area contributed by atoms with E-state index in [1.54, 1.807) is 24.1 Å². The van der Waals surface area contributed by atoms with Crippen molar-refractivity contribution in [2.24, 2.45) is 0 Å². The van der Waals surface area contributed by atoms with Crippen molar-refractivity contribution in [2.75, 3.05) is 44.7 Å². The van der Waals surface area contributed by atoms with Crippen LogP contribution in [0.3, 0.4) is 0 Å². The van der Waals surface area contributed by atoms with Crippen LogP contribution in [0.4, 0.5) is 5.13 Å². The maximum atomic E-state index is 13.8. The largest absolute Gasteiger partial charge is 0.494 e. The van der Waals surface area contributed by atoms with Gasteiger partial charge in [0.25, 0.3) is 5.91 Å². The number of fused-ring (bicyclic) bond motifs is 1. The molecule has 0 radical (unpaired) electrons. The van der Waals surface area contributed by atoms with Gasteiger partial charge < -0.3 is 9.64 Å². The Labute approximate surface area is 253 Å². The molecule has 0 N–H and O–H groups in total. The Morgan fingerprint density at radius 1 is 0.878 bits per heavy atom. The van der Waals surface area contributed by atoms with E-state index >= 15 is 0 Å². The number of aromatic nitrogens is 1. The Kier molecular flexibility index (Phi) is 11.7. The number of hydrogen-bond acceptors (Lipinski definition) is 7. The lowest BCUT2D eigenvalue weighted by molar-refractivity contribution is 0.0983. The highest BCUT2D eigenvalue weighted by molar-refractivity contribution is 7.89. The quantitative estimate of drug-likeness (QED) is 0.185. The highest BCUT2D eigenvalue weighted by Crippen LogP contribution is 2.34. The number of halogens is 1. The SMILES string of the molecule is CCN(CC)CCN(C(=O)c1ccc(S(=O)(=O)N(CC)Cc2ccccc2)cc1)c1nc2c(OC)cccc2s1.Cl. The van der Waals surface area contributed by atoms with Gasteiger partial charge in [-0.25, -0.2) is 13.4 Å². The third kappa shape index (κ3) is 7.44. The molecule has 0 aliphatic heterocycles. The molecule has 0 saturated carbocycles. The molecule has 1 amide bonds. The molecular weight excluding hydrogens is 580 g/mol. The number of nitrogens with zero attached hydrogens (tertiary/aromatic N) is 4. The summed E-state index contributed by atoms with van der Waals surface area (Å²) in [5.74, 6) is 0.424. The van der Waals surface area contributed by atoms with E-state index in [1.165, 1.54) is 27.8 Å². The molecule has 4 aromatic rings. The van der Waals surface area contributed by atoms with Gasteiger partial charge >= 0.3 is 0 Å². The van der Waals surface area contributed by atoms with Crippen molar-refractivity contribution >= 4 is 55.0 Å². The summed E-state index contributed by atoms with van der Waals surface area (Å²) in [5.41, 5.74) is 2.03. The zero-order chi connectivity index (χ0) is 28.7. The average molecular weight is 617 g/mol. The maximum absolute atomic E-state index is 13.8. The number of hydrogen-bond donors (Lipinski definition) is 0. The number of para-hydroxylation sites is 1. The second-order valence-corrected chi connectivity index (χ2v) is 12.2. The Morgan fingerprint density at radius 3 is 2.17 bits per heavy atom. The standard InChI is InChI=1S/C30H36N4O4S2.ClH/c1-5-32(6-2)20-21-34(30-31-28-26(38-4)14-11-15-27(28)39-30)29(35)24-16-18-25(19-17-24)40(36,37)33(7-3)22-23-12-9-8-10-13-23;/h8-19H,5-7,20-22H2,1-4H3;1H. The van der Waals surface area contributed by atoms with Crippen LogP contribution >= 0.6 is 23.7 Å². The summed E-state index contributed by atoms with van der Waals surface area (Å²) in [4.78, 5) is 22.7. The molecule has 0 saturated heterocycles. The third-order valence-electron chi connectivity index (χ3n) is 6.89. The van der Waals surface area contributed by atoms with Gasteiger partial charge in [-0.1, -0.05) is 68.5 Å². The van der Waals surface area contributed by atoms with Crippen LogP contribution in [0, 0.1) is 0 Å². The lowest BCUT2D eigenvalue weighted by Gasteiger charge is -2.25. The van der Waals surface area contributed by atoms with Crippen molar-refractivity contribution in [1.29, 1.82) is 0 Å². The fourth-order valence-corrected chi connectivity index (χ4v) is 6.93. The summed E-state index contributed by atoms with van der Waals surface area (Å²) in [6, 6.07) is 21.4. The zero-order valence-corrected chi connectivity index (χ0v) is 26.3. The first-order valence-corrected chi connectivity index (χ1v) is 15.7. The van der Waals surface area contributed by atoms with Crippen molar-refractivity contribution in [3.63, 3.8) is 0 Å². The summed E-state index contributed by atoms with van der Waals surface area (Å²) in [6.07, 6.45) is 0. The molecule has 0 bridgehead atoms. The van der Waals surface area contributed by atoms with Crippen molar-refractivity contribution in [3.8, 4) is 5.75 Å². The first kappa shape index (κ1) is 32.5. The first-order valence-electron chi connectivity index (χ1n) is 13.4. The summed E-state index contributed by atoms with van der Waals surface area (Å²) >= 11 is 1.43. The van der Waals surface area contributed by atoms with E-state index in [2.05, 4.69) is 18.7 Å². The van der Waals surface area contributed by atoms with Gasteiger partial charge in [-0.15, -0.1) is 12.4 Å². The first-order chi connectivity index (χ1) is 19.3. The summed E-state index contributed by atoms with van der Waals surface area (Å²) in [5, 5.41) is 0.577. The molecule has 0 spiro atoms. The van der Waals surface area contributed by atoms with Crippen molar-refractivity contribution in [1.82, 2.24) is 14.2 Å². The highest BCUT2D eigenvalue weighted by atomic mass is 35.5. The fraction of sp³-hybridized carbons (Fsp3) is 0.333. The minimum absolute atomic E-state index is 0. The highest BCUT2D eigenvalue weighted by Gasteiger charge is 2.26. The number of rotatable bonds is 13. The molecule has 0 aliphatic rings. The summed E-state index contributed by atoms with van der Waals surface area (Å²) < 4.78 is 34.7. The van der Waals surface area contributed by atoms with Crippen LogP contribution in [-0.4, -0.2) is 68.3 Å². The van der Waals surface area contributed by atoms with E-state index in [0.717, 1.165) is 23.4 Å². The Bertz CT molecular complexity index is 1530. The van der Waals surface area contributed by atoms with Crippen LogP contribution in [0.15, 0.2) is 77.7 Å². The molecular formula is C30H37ClN4O4S2. The molecule has 1 aromatic heterocycles. The molecule has 220 valence electrons. The van der Waals surface area contributed by atoms with Crippen molar-refractivity contribution < 1.29 is 17.9 Å². The van der Waals surface area contributed by atoms with Crippen LogP contribution in [0.5, 0.6) is 5.75 Å². The third-order valence-corrected chi connectivity index (χ3v) is 9.87. The van der Waals surface area contributed by atoms with Gasteiger partial charge in [0.05, 0.1) is 16.7 Å². The van der Waals surface area contributed by atoms with E-state index in [4.69, 9.17) is 9.72 Å². The molecule has 3 aromatic carbocycles. The predicted molar refractivity (Wildman–Crippen MR) is 169 cm³/mol. The van der Waals surface area contributed by atoms with Crippen LogP contribution in [-0.2, 0) is 16.6 Å². The van der Waals surface area contributed by atoms with Crippen LogP contribution in [0.2, 0.25) is 0 Å². The minimum atomic E-state index is -3.74. The van der Waals surface area contributed by atoms with E-state index in [0.29, 0.717) is 41.6 Å². The van der Waals surface area contributed by atoms with Crippen LogP contribution in [0.1, 0.15) is 36.7 Å². The molecule has 0 fully saturated rings. The van der Waals surface area contributed by atoms with Gasteiger partial charge in [-0.2, -0.15) is 4.31 Å².